The van der Waals surface area contributed by atoms with Gasteiger partial charge in [0, 0.05) is 43.4 Å². The molecule has 2 aliphatic rings. The predicted octanol–water partition coefficient (Wildman–Crippen LogP) is 4.59. The number of halogens is 1. The maximum absolute atomic E-state index is 13.5. The number of benzene rings is 2. The number of hydrogen-bond donors (Lipinski definition) is 1. The first kappa shape index (κ1) is 21.5. The lowest BCUT2D eigenvalue weighted by atomic mass is 9.73. The van der Waals surface area contributed by atoms with E-state index in [4.69, 9.17) is 4.74 Å². The smallest absolute Gasteiger partial charge is 0.231 e. The molecule has 0 aliphatic carbocycles. The highest BCUT2D eigenvalue weighted by atomic mass is 79.9. The molecule has 2 saturated heterocycles. The molecular formula is C25H31BrN2O2. The summed E-state index contributed by atoms with van der Waals surface area (Å²) in [5, 5.41) is 3.40. The Kier molecular flexibility index (Phi) is 6.91. The Morgan fingerprint density at radius 3 is 2.50 bits per heavy atom. The summed E-state index contributed by atoms with van der Waals surface area (Å²) in [6, 6.07) is 17.2. The van der Waals surface area contributed by atoms with E-state index in [0.717, 1.165) is 55.4 Å². The van der Waals surface area contributed by atoms with Crippen LogP contribution in [0.2, 0.25) is 0 Å². The Hall–Kier alpha value is -1.69. The zero-order valence-corrected chi connectivity index (χ0v) is 19.3. The van der Waals surface area contributed by atoms with Gasteiger partial charge in [-0.25, -0.2) is 0 Å². The van der Waals surface area contributed by atoms with Crippen molar-refractivity contribution in [2.75, 3.05) is 26.3 Å². The van der Waals surface area contributed by atoms with E-state index in [2.05, 4.69) is 69.5 Å². The van der Waals surface area contributed by atoms with Crippen LogP contribution < -0.4 is 5.32 Å². The molecule has 2 fully saturated rings. The molecule has 4 nitrogen and oxygen atoms in total. The lowest BCUT2D eigenvalue weighted by Crippen LogP contribution is -2.53. The van der Waals surface area contributed by atoms with Crippen molar-refractivity contribution in [3.05, 3.63) is 69.7 Å². The molecule has 2 aromatic rings. The third-order valence-electron chi connectivity index (χ3n) is 6.59. The molecule has 4 rings (SSSR count). The van der Waals surface area contributed by atoms with Crippen LogP contribution in [-0.4, -0.2) is 43.2 Å². The Balaban J connectivity index is 1.37. The number of nitrogens with zero attached hydrogens (tertiary/aromatic N) is 1. The minimum absolute atomic E-state index is 0.172. The fourth-order valence-corrected chi connectivity index (χ4v) is 5.03. The Morgan fingerprint density at radius 1 is 1.13 bits per heavy atom. The highest BCUT2D eigenvalue weighted by Crippen LogP contribution is 2.36. The highest BCUT2D eigenvalue weighted by Gasteiger charge is 2.42. The number of ether oxygens (including phenoxy) is 1. The average molecular weight is 471 g/mol. The number of likely N-dealkylation sites (tertiary alicyclic amines) is 1. The number of carbonyl (C=O) groups excluding carboxylic acids is 1. The van der Waals surface area contributed by atoms with Crippen LogP contribution in [0, 0.1) is 6.92 Å². The molecule has 0 radical (unpaired) electrons. The lowest BCUT2D eigenvalue weighted by Gasteiger charge is -2.39. The van der Waals surface area contributed by atoms with Crippen molar-refractivity contribution < 1.29 is 9.53 Å². The predicted molar refractivity (Wildman–Crippen MR) is 123 cm³/mol. The van der Waals surface area contributed by atoms with Gasteiger partial charge in [-0.1, -0.05) is 57.9 Å². The van der Waals surface area contributed by atoms with Gasteiger partial charge >= 0.3 is 0 Å². The topological polar surface area (TPSA) is 41.6 Å². The summed E-state index contributed by atoms with van der Waals surface area (Å²) in [5.41, 5.74) is 3.30. The third kappa shape index (κ3) is 4.96. The summed E-state index contributed by atoms with van der Waals surface area (Å²) in [6.45, 7) is 6.45. The minimum Gasteiger partial charge on any atom is -0.381 e. The first-order valence-electron chi connectivity index (χ1n) is 11.0. The number of carbonyl (C=O) groups is 1. The molecule has 2 aliphatic heterocycles. The van der Waals surface area contributed by atoms with Gasteiger partial charge in [0.25, 0.3) is 0 Å². The lowest BCUT2D eigenvalue weighted by molar-refractivity contribution is -0.131. The molecule has 2 aromatic carbocycles. The van der Waals surface area contributed by atoms with Gasteiger partial charge in [-0.15, -0.1) is 0 Å². The van der Waals surface area contributed by atoms with E-state index in [1.807, 2.05) is 12.1 Å². The molecule has 1 N–H and O–H groups in total. The molecule has 0 spiro atoms. The first-order valence-corrected chi connectivity index (χ1v) is 11.8. The number of hydrogen-bond acceptors (Lipinski definition) is 3. The third-order valence-corrected chi connectivity index (χ3v) is 7.12. The van der Waals surface area contributed by atoms with Gasteiger partial charge in [-0.05, 0) is 55.9 Å². The van der Waals surface area contributed by atoms with Crippen LogP contribution in [0.3, 0.4) is 0 Å². The zero-order valence-electron chi connectivity index (χ0n) is 17.7. The van der Waals surface area contributed by atoms with Gasteiger partial charge in [-0.3, -0.25) is 9.69 Å². The van der Waals surface area contributed by atoms with E-state index in [0.29, 0.717) is 13.2 Å². The normalized spacial score (nSPS) is 20.1. The van der Waals surface area contributed by atoms with Crippen molar-refractivity contribution in [3.63, 3.8) is 0 Å². The van der Waals surface area contributed by atoms with E-state index in [1.54, 1.807) is 0 Å². The van der Waals surface area contributed by atoms with Crippen LogP contribution in [0.25, 0.3) is 0 Å². The molecule has 5 heteroatoms. The van der Waals surface area contributed by atoms with Gasteiger partial charge in [0.15, 0.2) is 0 Å². The van der Waals surface area contributed by atoms with Crippen molar-refractivity contribution in [1.82, 2.24) is 10.2 Å². The number of piperidine rings is 1. The van der Waals surface area contributed by atoms with Gasteiger partial charge in [0.1, 0.15) is 0 Å². The van der Waals surface area contributed by atoms with Crippen molar-refractivity contribution in [2.24, 2.45) is 0 Å². The van der Waals surface area contributed by atoms with Crippen LogP contribution in [-0.2, 0) is 21.5 Å². The van der Waals surface area contributed by atoms with Crippen LogP contribution >= 0.6 is 15.9 Å². The summed E-state index contributed by atoms with van der Waals surface area (Å²) >= 11 is 3.51. The standard InChI is InChI=1S/C25H31BrN2O2/c1-19-3-2-4-20(17-19)18-28-13-9-23(10-14-28)27-24(29)25(11-15-30-16-12-25)21-5-7-22(26)8-6-21/h2-8,17,23H,9-16,18H2,1H3,(H,27,29). The number of aryl methyl sites for hydroxylation is 1. The SMILES string of the molecule is Cc1cccc(CN2CCC(NC(=O)C3(c4ccc(Br)cc4)CCOCC3)CC2)c1. The second kappa shape index (κ2) is 9.63. The highest BCUT2D eigenvalue weighted by molar-refractivity contribution is 9.10. The van der Waals surface area contributed by atoms with Crippen molar-refractivity contribution in [1.29, 1.82) is 0 Å². The van der Waals surface area contributed by atoms with Gasteiger partial charge in [0.2, 0.25) is 5.91 Å². The monoisotopic (exact) mass is 470 g/mol. The molecule has 2 heterocycles. The molecule has 0 saturated carbocycles. The number of rotatable bonds is 5. The van der Waals surface area contributed by atoms with Crippen LogP contribution in [0.15, 0.2) is 53.0 Å². The Bertz CT molecular complexity index is 854. The Labute approximate surface area is 188 Å². The van der Waals surface area contributed by atoms with E-state index in [1.165, 1.54) is 11.1 Å². The average Bonchev–Trinajstić information content (AvgIpc) is 2.76. The fraction of sp³-hybridized carbons (Fsp3) is 0.480. The molecule has 0 unspecified atom stereocenters. The summed E-state index contributed by atoms with van der Waals surface area (Å²) in [4.78, 5) is 16.0. The minimum atomic E-state index is -0.475. The molecule has 30 heavy (non-hydrogen) atoms. The van der Waals surface area contributed by atoms with Gasteiger partial charge in [-0.2, -0.15) is 0 Å². The summed E-state index contributed by atoms with van der Waals surface area (Å²) in [6.07, 6.45) is 3.49. The maximum Gasteiger partial charge on any atom is 0.231 e. The molecular weight excluding hydrogens is 440 g/mol. The second-order valence-corrected chi connectivity index (χ2v) is 9.63. The summed E-state index contributed by atoms with van der Waals surface area (Å²) in [5.74, 6) is 0.172. The van der Waals surface area contributed by atoms with Crippen LogP contribution in [0.4, 0.5) is 0 Å². The first-order chi connectivity index (χ1) is 14.5. The van der Waals surface area contributed by atoms with Crippen LogP contribution in [0.5, 0.6) is 0 Å². The Morgan fingerprint density at radius 2 is 1.83 bits per heavy atom. The molecule has 160 valence electrons. The molecule has 0 aromatic heterocycles. The maximum atomic E-state index is 13.5. The zero-order chi connectivity index (χ0) is 21.0. The van der Waals surface area contributed by atoms with E-state index >= 15 is 0 Å². The van der Waals surface area contributed by atoms with Gasteiger partial charge in [0.05, 0.1) is 5.41 Å². The number of nitrogens with one attached hydrogen (secondary N) is 1. The van der Waals surface area contributed by atoms with Crippen molar-refractivity contribution in [2.45, 2.75) is 50.6 Å². The van der Waals surface area contributed by atoms with E-state index < -0.39 is 5.41 Å². The summed E-state index contributed by atoms with van der Waals surface area (Å²) < 4.78 is 6.63. The van der Waals surface area contributed by atoms with Crippen LogP contribution in [0.1, 0.15) is 42.4 Å². The fourth-order valence-electron chi connectivity index (χ4n) is 4.76. The van der Waals surface area contributed by atoms with Gasteiger partial charge < -0.3 is 10.1 Å². The summed E-state index contributed by atoms with van der Waals surface area (Å²) in [7, 11) is 0. The van der Waals surface area contributed by atoms with E-state index in [-0.39, 0.29) is 11.9 Å². The van der Waals surface area contributed by atoms with E-state index in [9.17, 15) is 4.79 Å². The second-order valence-electron chi connectivity index (χ2n) is 8.71. The molecule has 0 atom stereocenters. The largest absolute Gasteiger partial charge is 0.381 e. The molecule has 0 bridgehead atoms. The quantitative estimate of drug-likeness (QED) is 0.694. The van der Waals surface area contributed by atoms with Crippen molar-refractivity contribution >= 4 is 21.8 Å². The number of amides is 1. The molecule has 1 amide bonds. The van der Waals surface area contributed by atoms with Crippen molar-refractivity contribution in [3.8, 4) is 0 Å².